The Morgan fingerprint density at radius 3 is 3.10 bits per heavy atom. The van der Waals surface area contributed by atoms with Crippen LogP contribution in [0.2, 0.25) is 0 Å². The van der Waals surface area contributed by atoms with Gasteiger partial charge in [0.15, 0.2) is 11.6 Å². The van der Waals surface area contributed by atoms with E-state index in [0.717, 1.165) is 37.1 Å². The average Bonchev–Trinajstić information content (AvgIpc) is 3.14. The molecule has 1 aliphatic rings. The molecule has 7 heteroatoms. The normalized spacial score (nSPS) is 14.2. The minimum Gasteiger partial charge on any atom is -0.435 e. The maximum absolute atomic E-state index is 8.93. The lowest BCUT2D eigenvalue weighted by molar-refractivity contribution is 0.318. The Bertz CT molecular complexity index is 693. The number of aromatic nitrogens is 3. The number of fused-ring (bicyclic) bond motifs is 1. The fourth-order valence-electron chi connectivity index (χ4n) is 2.45. The van der Waals surface area contributed by atoms with Gasteiger partial charge in [0, 0.05) is 12.2 Å². The van der Waals surface area contributed by atoms with Crippen LogP contribution in [0, 0.1) is 0 Å². The van der Waals surface area contributed by atoms with E-state index < -0.39 is 0 Å². The fourth-order valence-corrected chi connectivity index (χ4v) is 2.45. The summed E-state index contributed by atoms with van der Waals surface area (Å²) in [4.78, 5) is 4.52. The highest BCUT2D eigenvalue weighted by atomic mass is 16.5. The summed E-state index contributed by atoms with van der Waals surface area (Å²) in [5, 5.41) is 16.1. The highest BCUT2D eigenvalue weighted by Gasteiger charge is 2.20. The van der Waals surface area contributed by atoms with Crippen molar-refractivity contribution in [3.63, 3.8) is 0 Å². The van der Waals surface area contributed by atoms with Crippen LogP contribution in [0.5, 0.6) is 11.6 Å². The van der Waals surface area contributed by atoms with Crippen molar-refractivity contribution >= 4 is 5.84 Å². The molecule has 0 amide bonds. The van der Waals surface area contributed by atoms with E-state index in [2.05, 4.69) is 15.2 Å². The molecule has 2 heterocycles. The number of oxime groups is 1. The Kier molecular flexibility index (Phi) is 3.47. The number of amidine groups is 1. The maximum atomic E-state index is 8.93. The van der Waals surface area contributed by atoms with Crippen LogP contribution in [0.1, 0.15) is 30.2 Å². The molecule has 0 atom stereocenters. The highest BCUT2D eigenvalue weighted by molar-refractivity contribution is 5.99. The van der Waals surface area contributed by atoms with Crippen LogP contribution in [0.4, 0.5) is 0 Å². The number of hydrogen-bond donors (Lipinski definition) is 2. The third-order valence-corrected chi connectivity index (χ3v) is 3.55. The first-order chi connectivity index (χ1) is 10.2. The van der Waals surface area contributed by atoms with Gasteiger partial charge in [-0.1, -0.05) is 5.16 Å². The largest absolute Gasteiger partial charge is 0.435 e. The zero-order valence-electron chi connectivity index (χ0n) is 11.8. The topological polar surface area (TPSA) is 98.6 Å². The van der Waals surface area contributed by atoms with Gasteiger partial charge in [-0.3, -0.25) is 4.68 Å². The smallest absolute Gasteiger partial charge is 0.230 e. The Morgan fingerprint density at radius 1 is 1.52 bits per heavy atom. The van der Waals surface area contributed by atoms with Gasteiger partial charge in [-0.05, 0) is 37.8 Å². The maximum Gasteiger partial charge on any atom is 0.230 e. The lowest BCUT2D eigenvalue weighted by Crippen LogP contribution is -2.16. The number of nitrogens with two attached hydrogens (primary N) is 1. The van der Waals surface area contributed by atoms with Crippen molar-refractivity contribution in [3.05, 3.63) is 35.3 Å². The van der Waals surface area contributed by atoms with Gasteiger partial charge in [0.2, 0.25) is 5.88 Å². The van der Waals surface area contributed by atoms with Crippen LogP contribution in [0.3, 0.4) is 0 Å². The predicted octanol–water partition coefficient (Wildman–Crippen LogP) is 1.67. The Labute approximate surface area is 122 Å². The Balaban J connectivity index is 1.99. The van der Waals surface area contributed by atoms with Gasteiger partial charge >= 0.3 is 0 Å². The third-order valence-electron chi connectivity index (χ3n) is 3.55. The van der Waals surface area contributed by atoms with E-state index >= 15 is 0 Å². The summed E-state index contributed by atoms with van der Waals surface area (Å²) >= 11 is 0. The first-order valence-corrected chi connectivity index (χ1v) is 6.92. The van der Waals surface area contributed by atoms with Crippen molar-refractivity contribution in [1.82, 2.24) is 14.8 Å². The molecular formula is C14H17N5O2. The molecule has 0 fully saturated rings. The molecule has 0 bridgehead atoms. The Hall–Kier alpha value is -2.57. The average molecular weight is 287 g/mol. The molecule has 1 aliphatic carbocycles. The van der Waals surface area contributed by atoms with Crippen molar-refractivity contribution in [2.24, 2.45) is 10.9 Å². The van der Waals surface area contributed by atoms with Crippen LogP contribution in [-0.4, -0.2) is 25.8 Å². The van der Waals surface area contributed by atoms with Crippen molar-refractivity contribution in [2.45, 2.75) is 32.7 Å². The molecule has 0 aliphatic heterocycles. The summed E-state index contributed by atoms with van der Waals surface area (Å²) in [7, 11) is 0. The second-order valence-corrected chi connectivity index (χ2v) is 4.92. The predicted molar refractivity (Wildman–Crippen MR) is 76.7 cm³/mol. The van der Waals surface area contributed by atoms with E-state index in [1.807, 2.05) is 13.0 Å². The van der Waals surface area contributed by atoms with Crippen LogP contribution < -0.4 is 10.5 Å². The molecule has 0 saturated heterocycles. The highest BCUT2D eigenvalue weighted by Crippen LogP contribution is 2.29. The molecule has 0 unspecified atom stereocenters. The molecule has 2 aromatic heterocycles. The van der Waals surface area contributed by atoms with E-state index in [9.17, 15) is 0 Å². The fraction of sp³-hybridized carbons (Fsp3) is 0.357. The minimum absolute atomic E-state index is 0.00455. The van der Waals surface area contributed by atoms with Gasteiger partial charge in [0.1, 0.15) is 0 Å². The molecule has 0 saturated carbocycles. The van der Waals surface area contributed by atoms with E-state index in [0.29, 0.717) is 17.2 Å². The summed E-state index contributed by atoms with van der Waals surface area (Å²) in [5.41, 5.74) is 8.38. The lowest BCUT2D eigenvalue weighted by atomic mass is 10.1. The van der Waals surface area contributed by atoms with Crippen LogP contribution >= 0.6 is 0 Å². The molecule has 2 aromatic rings. The number of rotatable bonds is 4. The monoisotopic (exact) mass is 287 g/mol. The van der Waals surface area contributed by atoms with Crippen LogP contribution in [0.25, 0.3) is 0 Å². The summed E-state index contributed by atoms with van der Waals surface area (Å²) < 4.78 is 7.53. The van der Waals surface area contributed by atoms with Gasteiger partial charge in [-0.2, -0.15) is 5.10 Å². The SMILES string of the molecule is CCn1cc(Oc2nc3c(cc2/C(N)=N/O)CCC3)cn1. The molecule has 3 rings (SSSR count). The first-order valence-electron chi connectivity index (χ1n) is 6.92. The van der Waals surface area contributed by atoms with Crippen molar-refractivity contribution < 1.29 is 9.94 Å². The molecule has 7 nitrogen and oxygen atoms in total. The number of ether oxygens (including phenoxy) is 1. The van der Waals surface area contributed by atoms with E-state index in [-0.39, 0.29) is 5.84 Å². The summed E-state index contributed by atoms with van der Waals surface area (Å²) in [5.74, 6) is 0.922. The van der Waals surface area contributed by atoms with E-state index in [4.69, 9.17) is 15.7 Å². The van der Waals surface area contributed by atoms with E-state index in [1.54, 1.807) is 17.1 Å². The molecule has 3 N–H and O–H groups in total. The minimum atomic E-state index is -0.00455. The summed E-state index contributed by atoms with van der Waals surface area (Å²) in [6, 6.07) is 1.89. The second-order valence-electron chi connectivity index (χ2n) is 4.92. The number of nitrogens with zero attached hydrogens (tertiary/aromatic N) is 4. The van der Waals surface area contributed by atoms with E-state index in [1.165, 1.54) is 0 Å². The van der Waals surface area contributed by atoms with Gasteiger partial charge in [-0.15, -0.1) is 0 Å². The quantitative estimate of drug-likeness (QED) is 0.386. The van der Waals surface area contributed by atoms with Crippen molar-refractivity contribution in [3.8, 4) is 11.6 Å². The first kappa shape index (κ1) is 13.4. The number of aryl methyl sites for hydroxylation is 3. The second kappa shape index (κ2) is 5.43. The number of hydrogen-bond acceptors (Lipinski definition) is 5. The standard InChI is InChI=1S/C14H17N5O2/c1-2-19-8-10(7-16-19)21-14-11(13(15)18-20)6-9-4-3-5-12(9)17-14/h6-8,20H,2-5H2,1H3,(H2,15,18). The van der Waals surface area contributed by atoms with Gasteiger partial charge < -0.3 is 15.7 Å². The zero-order chi connectivity index (χ0) is 14.8. The number of pyridine rings is 1. The molecule has 0 aromatic carbocycles. The van der Waals surface area contributed by atoms with Gasteiger partial charge in [-0.25, -0.2) is 4.98 Å². The molecule has 0 radical (unpaired) electrons. The Morgan fingerprint density at radius 2 is 2.38 bits per heavy atom. The van der Waals surface area contributed by atoms with Gasteiger partial charge in [0.05, 0.1) is 18.0 Å². The third kappa shape index (κ3) is 2.54. The zero-order valence-corrected chi connectivity index (χ0v) is 11.8. The van der Waals surface area contributed by atoms with Crippen LogP contribution in [-0.2, 0) is 19.4 Å². The van der Waals surface area contributed by atoms with Crippen molar-refractivity contribution in [2.75, 3.05) is 0 Å². The molecule has 21 heavy (non-hydrogen) atoms. The molecular weight excluding hydrogens is 270 g/mol. The lowest BCUT2D eigenvalue weighted by Gasteiger charge is -2.10. The summed E-state index contributed by atoms with van der Waals surface area (Å²) in [6.07, 6.45) is 6.35. The molecule has 0 spiro atoms. The van der Waals surface area contributed by atoms with Gasteiger partial charge in [0.25, 0.3) is 0 Å². The summed E-state index contributed by atoms with van der Waals surface area (Å²) in [6.45, 7) is 2.75. The van der Waals surface area contributed by atoms with Crippen molar-refractivity contribution in [1.29, 1.82) is 0 Å². The molecule has 110 valence electrons. The van der Waals surface area contributed by atoms with Crippen LogP contribution in [0.15, 0.2) is 23.6 Å².